The highest BCUT2D eigenvalue weighted by Crippen LogP contribution is 2.23. The molecule has 8 nitrogen and oxygen atoms in total. The minimum Gasteiger partial charge on any atom is -0.364 e. The Morgan fingerprint density at radius 2 is 2.04 bits per heavy atom. The van der Waals surface area contributed by atoms with Crippen LogP contribution in [0.5, 0.6) is 0 Å². The summed E-state index contributed by atoms with van der Waals surface area (Å²) in [5.41, 5.74) is 6.72. The van der Waals surface area contributed by atoms with E-state index in [0.29, 0.717) is 11.6 Å². The third kappa shape index (κ3) is 4.01. The van der Waals surface area contributed by atoms with Gasteiger partial charge in [0, 0.05) is 36.1 Å². The van der Waals surface area contributed by atoms with Crippen molar-refractivity contribution in [2.24, 2.45) is 5.73 Å². The number of carbonyl (C=O) groups excluding carboxylic acids is 2. The number of carbonyl (C=O) groups is 2. The van der Waals surface area contributed by atoms with Gasteiger partial charge in [-0.05, 0) is 19.1 Å². The molecule has 0 aliphatic carbocycles. The van der Waals surface area contributed by atoms with Crippen molar-refractivity contribution < 1.29 is 9.59 Å². The lowest BCUT2D eigenvalue weighted by Gasteiger charge is -2.01. The second-order valence-corrected chi connectivity index (χ2v) is 5.70. The van der Waals surface area contributed by atoms with Crippen molar-refractivity contribution in [3.05, 3.63) is 47.5 Å². The van der Waals surface area contributed by atoms with Crippen molar-refractivity contribution in [3.8, 4) is 10.6 Å². The molecule has 0 saturated heterocycles. The Bertz CT molecular complexity index is 893. The average molecular weight is 379 g/mol. The molecule has 3 N–H and O–H groups in total. The minimum atomic E-state index is -0.701. The van der Waals surface area contributed by atoms with Gasteiger partial charge >= 0.3 is 0 Å². The first-order valence-electron chi connectivity index (χ1n) is 7.13. The molecule has 3 rings (SSSR count). The van der Waals surface area contributed by atoms with Gasteiger partial charge in [0.05, 0.1) is 5.69 Å². The molecular formula is C15H15ClN6O2S. The number of aromatic nitrogens is 4. The van der Waals surface area contributed by atoms with Crippen molar-refractivity contribution in [1.29, 1.82) is 0 Å². The van der Waals surface area contributed by atoms with Crippen LogP contribution in [0.1, 0.15) is 27.9 Å². The fourth-order valence-electron chi connectivity index (χ4n) is 2.05. The lowest BCUT2D eigenvalue weighted by atomic mass is 10.3. The molecule has 130 valence electrons. The lowest BCUT2D eigenvalue weighted by Crippen LogP contribution is -2.18. The highest BCUT2D eigenvalue weighted by atomic mass is 35.5. The predicted molar refractivity (Wildman–Crippen MR) is 97.0 cm³/mol. The van der Waals surface area contributed by atoms with Crippen LogP contribution in [0.2, 0.25) is 0 Å². The Labute approximate surface area is 153 Å². The van der Waals surface area contributed by atoms with Gasteiger partial charge in [0.2, 0.25) is 0 Å². The molecule has 25 heavy (non-hydrogen) atoms. The van der Waals surface area contributed by atoms with E-state index in [1.54, 1.807) is 24.0 Å². The number of nitrogens with two attached hydrogens (primary N) is 1. The van der Waals surface area contributed by atoms with Crippen LogP contribution < -0.4 is 11.1 Å². The number of pyridine rings is 1. The molecule has 3 heterocycles. The summed E-state index contributed by atoms with van der Waals surface area (Å²) in [6.45, 7) is 2.42. The number of hydrogen-bond donors (Lipinski definition) is 2. The molecule has 0 bridgehead atoms. The summed E-state index contributed by atoms with van der Waals surface area (Å²) in [6.07, 6.45) is 4.89. The molecule has 3 aromatic rings. The zero-order valence-corrected chi connectivity index (χ0v) is 14.8. The van der Waals surface area contributed by atoms with Crippen molar-refractivity contribution >= 4 is 41.2 Å². The van der Waals surface area contributed by atoms with E-state index < -0.39 is 11.8 Å². The van der Waals surface area contributed by atoms with E-state index in [4.69, 9.17) is 5.73 Å². The van der Waals surface area contributed by atoms with Crippen LogP contribution in [-0.2, 0) is 6.54 Å². The Hall–Kier alpha value is -2.78. The number of amides is 2. The second-order valence-electron chi connectivity index (χ2n) is 4.84. The molecule has 0 radical (unpaired) electrons. The van der Waals surface area contributed by atoms with E-state index in [1.807, 2.05) is 19.1 Å². The van der Waals surface area contributed by atoms with Crippen LogP contribution in [0.15, 0.2) is 36.1 Å². The maximum Gasteiger partial charge on any atom is 0.275 e. The lowest BCUT2D eigenvalue weighted by molar-refractivity contribution is 0.0995. The molecule has 10 heteroatoms. The molecule has 3 aromatic heterocycles. The Morgan fingerprint density at radius 1 is 1.32 bits per heavy atom. The Balaban J connectivity index is 0.00000225. The van der Waals surface area contributed by atoms with Gasteiger partial charge in [0.1, 0.15) is 10.7 Å². The molecular weight excluding hydrogens is 364 g/mol. The summed E-state index contributed by atoms with van der Waals surface area (Å²) < 4.78 is 1.53. The largest absolute Gasteiger partial charge is 0.364 e. The number of thiazole rings is 1. The van der Waals surface area contributed by atoms with E-state index in [2.05, 4.69) is 20.4 Å². The monoisotopic (exact) mass is 378 g/mol. The first-order chi connectivity index (χ1) is 11.6. The molecule has 2 amide bonds. The zero-order chi connectivity index (χ0) is 17.1. The molecule has 0 spiro atoms. The normalized spacial score (nSPS) is 10.1. The molecule has 0 unspecified atom stereocenters. The van der Waals surface area contributed by atoms with E-state index in [-0.39, 0.29) is 29.5 Å². The molecule has 0 aromatic carbocycles. The average Bonchev–Trinajstić information content (AvgIpc) is 3.22. The Morgan fingerprint density at radius 3 is 2.68 bits per heavy atom. The van der Waals surface area contributed by atoms with E-state index in [0.717, 1.165) is 5.56 Å². The summed E-state index contributed by atoms with van der Waals surface area (Å²) in [7, 11) is 0. The first kappa shape index (κ1) is 18.6. The second kappa shape index (κ2) is 7.86. The van der Waals surface area contributed by atoms with E-state index in [9.17, 15) is 9.59 Å². The fourth-order valence-corrected chi connectivity index (χ4v) is 2.85. The molecule has 0 aliphatic rings. The summed E-state index contributed by atoms with van der Waals surface area (Å²) in [4.78, 5) is 32.1. The van der Waals surface area contributed by atoms with Crippen LogP contribution in [0.4, 0.5) is 5.69 Å². The van der Waals surface area contributed by atoms with Crippen LogP contribution in [0, 0.1) is 0 Å². The molecule has 0 saturated carbocycles. The van der Waals surface area contributed by atoms with Gasteiger partial charge in [-0.2, -0.15) is 5.10 Å². The summed E-state index contributed by atoms with van der Waals surface area (Å²) in [5.74, 6) is -1.13. The van der Waals surface area contributed by atoms with E-state index in [1.165, 1.54) is 16.0 Å². The summed E-state index contributed by atoms with van der Waals surface area (Å²) in [5, 5.41) is 9.03. The van der Waals surface area contributed by atoms with Crippen LogP contribution in [0.25, 0.3) is 10.6 Å². The topological polar surface area (TPSA) is 116 Å². The van der Waals surface area contributed by atoms with Crippen molar-refractivity contribution in [2.45, 2.75) is 13.5 Å². The van der Waals surface area contributed by atoms with Gasteiger partial charge < -0.3 is 11.1 Å². The maximum absolute atomic E-state index is 12.4. The van der Waals surface area contributed by atoms with Crippen molar-refractivity contribution in [1.82, 2.24) is 19.7 Å². The quantitative estimate of drug-likeness (QED) is 0.706. The fraction of sp³-hybridized carbons (Fsp3) is 0.133. The van der Waals surface area contributed by atoms with Gasteiger partial charge in [-0.15, -0.1) is 23.7 Å². The zero-order valence-electron chi connectivity index (χ0n) is 13.2. The number of nitrogens with zero attached hydrogens (tertiary/aromatic N) is 4. The first-order valence-corrected chi connectivity index (χ1v) is 8.01. The molecule has 0 atom stereocenters. The van der Waals surface area contributed by atoms with Crippen molar-refractivity contribution in [2.75, 3.05) is 5.32 Å². The van der Waals surface area contributed by atoms with Gasteiger partial charge in [-0.25, -0.2) is 4.98 Å². The molecule has 0 aliphatic heterocycles. The van der Waals surface area contributed by atoms with Crippen LogP contribution >= 0.6 is 23.7 Å². The number of anilines is 1. The van der Waals surface area contributed by atoms with Gasteiger partial charge in [-0.1, -0.05) is 0 Å². The minimum absolute atomic E-state index is 0. The highest BCUT2D eigenvalue weighted by molar-refractivity contribution is 7.13. The van der Waals surface area contributed by atoms with Crippen molar-refractivity contribution in [3.63, 3.8) is 0 Å². The smallest absolute Gasteiger partial charge is 0.275 e. The van der Waals surface area contributed by atoms with Gasteiger partial charge in [-0.3, -0.25) is 19.3 Å². The standard InChI is InChI=1S/C15H14N6O2S.ClH/c1-2-21-7-10(12(20-21)13(16)22)18-14(23)11-8-24-15(19-11)9-3-5-17-6-4-9;/h3-8H,2H2,1H3,(H2,16,22)(H,18,23);1H. The number of nitrogens with one attached hydrogen (secondary N) is 1. The van der Waals surface area contributed by atoms with Crippen LogP contribution in [0.3, 0.4) is 0 Å². The van der Waals surface area contributed by atoms with E-state index >= 15 is 0 Å². The number of primary amides is 1. The predicted octanol–water partition coefficient (Wildman–Crippen LogP) is 2.19. The highest BCUT2D eigenvalue weighted by Gasteiger charge is 2.18. The Kier molecular flexibility index (Phi) is 5.84. The number of rotatable bonds is 5. The van der Waals surface area contributed by atoms with Gasteiger partial charge in [0.25, 0.3) is 11.8 Å². The number of aryl methyl sites for hydroxylation is 1. The third-order valence-corrected chi connectivity index (χ3v) is 4.12. The van der Waals surface area contributed by atoms with Gasteiger partial charge in [0.15, 0.2) is 5.69 Å². The number of halogens is 1. The third-order valence-electron chi connectivity index (χ3n) is 3.23. The molecule has 0 fully saturated rings. The maximum atomic E-state index is 12.4. The summed E-state index contributed by atoms with van der Waals surface area (Å²) in [6, 6.07) is 3.63. The summed E-state index contributed by atoms with van der Waals surface area (Å²) >= 11 is 1.35. The SMILES string of the molecule is CCn1cc(NC(=O)c2csc(-c3ccncc3)n2)c(C(N)=O)n1.Cl. The number of hydrogen-bond acceptors (Lipinski definition) is 6. The van der Waals surface area contributed by atoms with Crippen LogP contribution in [-0.4, -0.2) is 31.6 Å².